The number of hydrogen-bond donors (Lipinski definition) is 1. The Hall–Kier alpha value is -3.28. The maximum absolute atomic E-state index is 12.2. The highest BCUT2D eigenvalue weighted by molar-refractivity contribution is 5.98. The Kier molecular flexibility index (Phi) is 4.70. The molecule has 1 amide bonds. The molecule has 0 saturated heterocycles. The maximum atomic E-state index is 12.2. The number of para-hydroxylation sites is 1. The van der Waals surface area contributed by atoms with Gasteiger partial charge in [0.2, 0.25) is 5.76 Å². The molecule has 0 unspecified atom stereocenters. The predicted octanol–water partition coefficient (Wildman–Crippen LogP) is 3.63. The highest BCUT2D eigenvalue weighted by Gasteiger charge is 2.21. The number of carbonyl (C=O) groups excluding carboxylic acids is 2. The van der Waals surface area contributed by atoms with Crippen LogP contribution in [0.3, 0.4) is 0 Å². The molecule has 6 nitrogen and oxygen atoms in total. The third kappa shape index (κ3) is 3.80. The van der Waals surface area contributed by atoms with Gasteiger partial charge < -0.3 is 19.2 Å². The minimum absolute atomic E-state index is 0.0576. The lowest BCUT2D eigenvalue weighted by atomic mass is 10.2. The number of rotatable bonds is 5. The summed E-state index contributed by atoms with van der Waals surface area (Å²) in [5.74, 6) is -0.464. The van der Waals surface area contributed by atoms with Gasteiger partial charge in [-0.05, 0) is 31.2 Å². The van der Waals surface area contributed by atoms with Gasteiger partial charge in [-0.2, -0.15) is 0 Å². The Bertz CT molecular complexity index is 882. The van der Waals surface area contributed by atoms with Crippen molar-refractivity contribution in [3.63, 3.8) is 0 Å². The number of hydrogen-bond acceptors (Lipinski definition) is 5. The Labute approximate surface area is 144 Å². The molecule has 3 rings (SSSR count). The number of fused-ring (bicyclic) bond motifs is 1. The molecule has 3 aromatic rings. The zero-order valence-corrected chi connectivity index (χ0v) is 13.8. The van der Waals surface area contributed by atoms with Crippen molar-refractivity contribution in [1.29, 1.82) is 0 Å². The van der Waals surface area contributed by atoms with Gasteiger partial charge >= 0.3 is 5.97 Å². The molecule has 1 aromatic heterocycles. The Morgan fingerprint density at radius 3 is 2.64 bits per heavy atom. The number of ether oxygens (including phenoxy) is 2. The smallest absolute Gasteiger partial charge is 0.375 e. The number of esters is 1. The monoisotopic (exact) mass is 339 g/mol. The molecule has 2 aromatic carbocycles. The van der Waals surface area contributed by atoms with E-state index in [4.69, 9.17) is 13.9 Å². The molecule has 1 N–H and O–H groups in total. The second kappa shape index (κ2) is 7.09. The van der Waals surface area contributed by atoms with Gasteiger partial charge in [0, 0.05) is 17.1 Å². The first-order chi connectivity index (χ1) is 12.1. The Morgan fingerprint density at radius 1 is 1.08 bits per heavy atom. The van der Waals surface area contributed by atoms with Gasteiger partial charge in [0.15, 0.2) is 6.10 Å². The fourth-order valence-electron chi connectivity index (χ4n) is 2.30. The number of nitrogens with one attached hydrogen (secondary N) is 1. The summed E-state index contributed by atoms with van der Waals surface area (Å²) in [4.78, 5) is 24.4. The van der Waals surface area contributed by atoms with Crippen LogP contribution < -0.4 is 10.1 Å². The molecular formula is C19H17NO5. The molecule has 6 heteroatoms. The molecule has 0 aliphatic carbocycles. The van der Waals surface area contributed by atoms with Gasteiger partial charge in [0.1, 0.15) is 11.3 Å². The van der Waals surface area contributed by atoms with Crippen LogP contribution in [0.15, 0.2) is 59.0 Å². The van der Waals surface area contributed by atoms with Crippen molar-refractivity contribution in [2.24, 2.45) is 0 Å². The maximum Gasteiger partial charge on any atom is 0.375 e. The number of furan rings is 1. The summed E-state index contributed by atoms with van der Waals surface area (Å²) in [5, 5.41) is 3.47. The third-order valence-corrected chi connectivity index (χ3v) is 3.62. The second-order valence-corrected chi connectivity index (χ2v) is 5.42. The standard InChI is InChI=1S/C19H17NO5/c1-12(18(21)20-14-7-5-8-15(11-14)23-2)24-19(22)17-10-13-6-3-4-9-16(13)25-17/h3-12H,1-2H3,(H,20,21)/t12-/m1/s1. The van der Waals surface area contributed by atoms with Crippen LogP contribution >= 0.6 is 0 Å². The van der Waals surface area contributed by atoms with E-state index < -0.39 is 18.0 Å². The molecule has 0 aliphatic rings. The van der Waals surface area contributed by atoms with Gasteiger partial charge in [-0.15, -0.1) is 0 Å². The van der Waals surface area contributed by atoms with Crippen molar-refractivity contribution in [2.75, 3.05) is 12.4 Å². The summed E-state index contributed by atoms with van der Waals surface area (Å²) in [6.07, 6.45) is -0.980. The molecule has 25 heavy (non-hydrogen) atoms. The number of anilines is 1. The lowest BCUT2D eigenvalue weighted by Crippen LogP contribution is -2.29. The average Bonchev–Trinajstić information content (AvgIpc) is 3.06. The van der Waals surface area contributed by atoms with Crippen molar-refractivity contribution >= 4 is 28.5 Å². The molecule has 0 spiro atoms. The molecule has 1 atom stereocenters. The summed E-state index contributed by atoms with van der Waals surface area (Å²) >= 11 is 0. The van der Waals surface area contributed by atoms with E-state index in [1.807, 2.05) is 18.2 Å². The molecule has 0 fully saturated rings. The number of benzene rings is 2. The summed E-state index contributed by atoms with van der Waals surface area (Å²) < 4.78 is 15.7. The largest absolute Gasteiger partial charge is 0.497 e. The molecule has 0 aliphatic heterocycles. The summed E-state index contributed by atoms with van der Waals surface area (Å²) in [6.45, 7) is 1.50. The predicted molar refractivity (Wildman–Crippen MR) is 92.7 cm³/mol. The fourth-order valence-corrected chi connectivity index (χ4v) is 2.30. The third-order valence-electron chi connectivity index (χ3n) is 3.62. The van der Waals surface area contributed by atoms with Gasteiger partial charge in [-0.1, -0.05) is 24.3 Å². The Morgan fingerprint density at radius 2 is 1.88 bits per heavy atom. The van der Waals surface area contributed by atoms with E-state index >= 15 is 0 Å². The van der Waals surface area contributed by atoms with E-state index in [-0.39, 0.29) is 5.76 Å². The van der Waals surface area contributed by atoms with Crippen LogP contribution in [-0.2, 0) is 9.53 Å². The zero-order valence-electron chi connectivity index (χ0n) is 13.8. The van der Waals surface area contributed by atoms with E-state index in [1.165, 1.54) is 6.92 Å². The molecule has 128 valence electrons. The minimum Gasteiger partial charge on any atom is -0.497 e. The molecule has 0 radical (unpaired) electrons. The highest BCUT2D eigenvalue weighted by atomic mass is 16.6. The molecule has 0 bridgehead atoms. The van der Waals surface area contributed by atoms with E-state index in [0.717, 1.165) is 5.39 Å². The van der Waals surface area contributed by atoms with Gasteiger partial charge in [-0.3, -0.25) is 4.79 Å². The second-order valence-electron chi connectivity index (χ2n) is 5.42. The van der Waals surface area contributed by atoms with E-state index in [0.29, 0.717) is 17.0 Å². The number of amides is 1. The van der Waals surface area contributed by atoms with Crippen LogP contribution in [0.4, 0.5) is 5.69 Å². The van der Waals surface area contributed by atoms with Crippen molar-refractivity contribution in [3.8, 4) is 5.75 Å². The van der Waals surface area contributed by atoms with E-state index in [2.05, 4.69) is 5.32 Å². The first kappa shape index (κ1) is 16.6. The quantitative estimate of drug-likeness (QED) is 0.718. The lowest BCUT2D eigenvalue weighted by molar-refractivity contribution is -0.123. The van der Waals surface area contributed by atoms with E-state index in [1.54, 1.807) is 43.5 Å². The normalized spacial score (nSPS) is 11.8. The fraction of sp³-hybridized carbons (Fsp3) is 0.158. The summed E-state index contributed by atoms with van der Waals surface area (Å²) in [5.41, 5.74) is 1.14. The number of methoxy groups -OCH3 is 1. The van der Waals surface area contributed by atoms with E-state index in [9.17, 15) is 9.59 Å². The van der Waals surface area contributed by atoms with Crippen molar-refractivity contribution in [3.05, 3.63) is 60.4 Å². The molecular weight excluding hydrogens is 322 g/mol. The first-order valence-electron chi connectivity index (χ1n) is 7.71. The van der Waals surface area contributed by atoms with Crippen molar-refractivity contribution in [2.45, 2.75) is 13.0 Å². The van der Waals surface area contributed by atoms with Crippen molar-refractivity contribution < 1.29 is 23.5 Å². The number of carbonyl (C=O) groups is 2. The van der Waals surface area contributed by atoms with Gasteiger partial charge in [-0.25, -0.2) is 4.79 Å². The molecule has 0 saturated carbocycles. The van der Waals surface area contributed by atoms with Crippen molar-refractivity contribution in [1.82, 2.24) is 0 Å². The van der Waals surface area contributed by atoms with Crippen LogP contribution in [0.5, 0.6) is 5.75 Å². The average molecular weight is 339 g/mol. The Balaban J connectivity index is 1.65. The summed E-state index contributed by atoms with van der Waals surface area (Å²) in [6, 6.07) is 15.7. The SMILES string of the molecule is COc1cccc(NC(=O)[C@@H](C)OC(=O)c2cc3ccccc3o2)c1. The highest BCUT2D eigenvalue weighted by Crippen LogP contribution is 2.20. The van der Waals surface area contributed by atoms with Crippen LogP contribution in [0, 0.1) is 0 Å². The summed E-state index contributed by atoms with van der Waals surface area (Å²) in [7, 11) is 1.54. The van der Waals surface area contributed by atoms with Crippen LogP contribution in [0.25, 0.3) is 11.0 Å². The molecule has 1 heterocycles. The van der Waals surface area contributed by atoms with Crippen LogP contribution in [0.2, 0.25) is 0 Å². The zero-order chi connectivity index (χ0) is 17.8. The van der Waals surface area contributed by atoms with Gasteiger partial charge in [0.05, 0.1) is 7.11 Å². The van der Waals surface area contributed by atoms with Crippen LogP contribution in [-0.4, -0.2) is 25.1 Å². The van der Waals surface area contributed by atoms with Crippen LogP contribution in [0.1, 0.15) is 17.5 Å². The first-order valence-corrected chi connectivity index (χ1v) is 7.71. The minimum atomic E-state index is -0.980. The topological polar surface area (TPSA) is 77.8 Å². The van der Waals surface area contributed by atoms with Gasteiger partial charge in [0.25, 0.3) is 5.91 Å². The lowest BCUT2D eigenvalue weighted by Gasteiger charge is -2.13.